The van der Waals surface area contributed by atoms with E-state index in [1.807, 2.05) is 30.7 Å². The first kappa shape index (κ1) is 32.2. The zero-order valence-electron chi connectivity index (χ0n) is 27.7. The fraction of sp³-hybridized carbons (Fsp3) is 0.583. The SMILES string of the molecule is CC(C)c1cccnc1N1CCCCC1.CC(C)c1cccnc1N1CCN(C(C)c2ccnc(N3CCOCC3)c2)CC1. The van der Waals surface area contributed by atoms with Gasteiger partial charge in [-0.15, -0.1) is 0 Å². The van der Waals surface area contributed by atoms with Gasteiger partial charge in [-0.05, 0) is 79.0 Å². The van der Waals surface area contributed by atoms with E-state index in [0.717, 1.165) is 64.1 Å². The number of morpholine rings is 1. The van der Waals surface area contributed by atoms with Gasteiger partial charge < -0.3 is 19.4 Å². The fourth-order valence-electron chi connectivity index (χ4n) is 6.55. The number of hydrogen-bond acceptors (Lipinski definition) is 8. The summed E-state index contributed by atoms with van der Waals surface area (Å²) in [5, 5.41) is 0. The predicted octanol–water partition coefficient (Wildman–Crippen LogP) is 6.52. The third-order valence-electron chi connectivity index (χ3n) is 9.28. The number of piperazine rings is 1. The van der Waals surface area contributed by atoms with Gasteiger partial charge in [0.1, 0.15) is 17.5 Å². The van der Waals surface area contributed by atoms with Gasteiger partial charge in [-0.25, -0.2) is 15.0 Å². The van der Waals surface area contributed by atoms with Crippen LogP contribution in [0.5, 0.6) is 0 Å². The van der Waals surface area contributed by atoms with Crippen molar-refractivity contribution in [2.75, 3.05) is 80.3 Å². The molecule has 3 aliphatic heterocycles. The van der Waals surface area contributed by atoms with Crippen LogP contribution in [0.15, 0.2) is 55.0 Å². The Morgan fingerprint density at radius 3 is 1.73 bits per heavy atom. The van der Waals surface area contributed by atoms with Gasteiger partial charge in [-0.2, -0.15) is 0 Å². The second-order valence-electron chi connectivity index (χ2n) is 12.9. The summed E-state index contributed by atoms with van der Waals surface area (Å²) in [6.45, 7) is 21.2. The first-order chi connectivity index (χ1) is 21.4. The van der Waals surface area contributed by atoms with E-state index in [0.29, 0.717) is 17.9 Å². The van der Waals surface area contributed by atoms with Gasteiger partial charge in [-0.3, -0.25) is 4.90 Å². The lowest BCUT2D eigenvalue weighted by Crippen LogP contribution is -2.47. The lowest BCUT2D eigenvalue weighted by atomic mass is 10.0. The number of hydrogen-bond donors (Lipinski definition) is 0. The molecule has 3 fully saturated rings. The van der Waals surface area contributed by atoms with Crippen molar-refractivity contribution < 1.29 is 4.74 Å². The average Bonchev–Trinajstić information content (AvgIpc) is 3.09. The van der Waals surface area contributed by atoms with Crippen molar-refractivity contribution in [2.45, 2.75) is 71.8 Å². The molecule has 44 heavy (non-hydrogen) atoms. The Morgan fingerprint density at radius 2 is 1.16 bits per heavy atom. The van der Waals surface area contributed by atoms with Crippen molar-refractivity contribution in [3.05, 3.63) is 71.7 Å². The Balaban J connectivity index is 0.000000215. The van der Waals surface area contributed by atoms with Crippen molar-refractivity contribution >= 4 is 17.5 Å². The maximum absolute atomic E-state index is 5.48. The number of nitrogens with zero attached hydrogens (tertiary/aromatic N) is 7. The Labute approximate surface area is 265 Å². The zero-order valence-corrected chi connectivity index (χ0v) is 27.7. The molecule has 0 aliphatic carbocycles. The Bertz CT molecular complexity index is 1290. The third kappa shape index (κ3) is 8.07. The smallest absolute Gasteiger partial charge is 0.132 e. The second-order valence-corrected chi connectivity index (χ2v) is 12.9. The van der Waals surface area contributed by atoms with Crippen LogP contribution in [0.25, 0.3) is 0 Å². The van der Waals surface area contributed by atoms with Crippen LogP contribution in [-0.2, 0) is 4.74 Å². The van der Waals surface area contributed by atoms with Crippen LogP contribution < -0.4 is 14.7 Å². The third-order valence-corrected chi connectivity index (χ3v) is 9.28. The Hall–Kier alpha value is -3.23. The maximum Gasteiger partial charge on any atom is 0.132 e. The monoisotopic (exact) mass is 599 g/mol. The molecule has 3 saturated heterocycles. The van der Waals surface area contributed by atoms with Crippen molar-refractivity contribution in [1.29, 1.82) is 0 Å². The zero-order chi connectivity index (χ0) is 30.9. The first-order valence-electron chi connectivity index (χ1n) is 16.8. The molecule has 0 saturated carbocycles. The van der Waals surface area contributed by atoms with Crippen molar-refractivity contribution in [3.8, 4) is 0 Å². The van der Waals surface area contributed by atoms with Crippen LogP contribution >= 0.6 is 0 Å². The van der Waals surface area contributed by atoms with Gasteiger partial charge in [0.2, 0.25) is 0 Å². The molecule has 238 valence electrons. The van der Waals surface area contributed by atoms with E-state index in [4.69, 9.17) is 9.72 Å². The molecular weight excluding hydrogens is 546 g/mol. The number of pyridine rings is 3. The molecule has 0 N–H and O–H groups in total. The summed E-state index contributed by atoms with van der Waals surface area (Å²) in [4.78, 5) is 23.6. The summed E-state index contributed by atoms with van der Waals surface area (Å²) in [6.07, 6.45) is 9.79. The molecule has 0 spiro atoms. The van der Waals surface area contributed by atoms with E-state index >= 15 is 0 Å². The van der Waals surface area contributed by atoms with Crippen LogP contribution in [0.1, 0.15) is 88.4 Å². The minimum Gasteiger partial charge on any atom is -0.378 e. The summed E-state index contributed by atoms with van der Waals surface area (Å²) in [6, 6.07) is 13.3. The van der Waals surface area contributed by atoms with Crippen LogP contribution in [0.2, 0.25) is 0 Å². The number of piperidine rings is 1. The number of rotatable bonds is 7. The quantitative estimate of drug-likeness (QED) is 0.305. The van der Waals surface area contributed by atoms with Crippen molar-refractivity contribution in [3.63, 3.8) is 0 Å². The molecule has 3 aliphatic rings. The van der Waals surface area contributed by atoms with Gasteiger partial charge in [0, 0.05) is 77.0 Å². The largest absolute Gasteiger partial charge is 0.378 e. The van der Waals surface area contributed by atoms with E-state index in [2.05, 4.69) is 88.5 Å². The van der Waals surface area contributed by atoms with E-state index in [-0.39, 0.29) is 0 Å². The normalized spacial score (nSPS) is 18.8. The van der Waals surface area contributed by atoms with Crippen LogP contribution in [0.3, 0.4) is 0 Å². The first-order valence-corrected chi connectivity index (χ1v) is 16.8. The van der Waals surface area contributed by atoms with Crippen LogP contribution in [0, 0.1) is 0 Å². The minimum atomic E-state index is 0.383. The highest BCUT2D eigenvalue weighted by Crippen LogP contribution is 2.29. The fourth-order valence-corrected chi connectivity index (χ4v) is 6.55. The van der Waals surface area contributed by atoms with Crippen molar-refractivity contribution in [2.24, 2.45) is 0 Å². The molecule has 8 nitrogen and oxygen atoms in total. The molecule has 1 atom stereocenters. The Morgan fingerprint density at radius 1 is 0.591 bits per heavy atom. The summed E-state index contributed by atoms with van der Waals surface area (Å²) in [5.74, 6) is 4.51. The lowest BCUT2D eigenvalue weighted by molar-refractivity contribution is 0.122. The molecule has 3 aromatic heterocycles. The summed E-state index contributed by atoms with van der Waals surface area (Å²) in [5.41, 5.74) is 4.08. The topological polar surface area (TPSA) is 60.9 Å². The second kappa shape index (κ2) is 15.7. The summed E-state index contributed by atoms with van der Waals surface area (Å²) in [7, 11) is 0. The van der Waals surface area contributed by atoms with Gasteiger partial charge in [0.25, 0.3) is 0 Å². The minimum absolute atomic E-state index is 0.383. The lowest BCUT2D eigenvalue weighted by Gasteiger charge is -2.39. The highest BCUT2D eigenvalue weighted by atomic mass is 16.5. The van der Waals surface area contributed by atoms with Gasteiger partial charge in [-0.1, -0.05) is 39.8 Å². The van der Waals surface area contributed by atoms with Gasteiger partial charge in [0.05, 0.1) is 13.2 Å². The number of ether oxygens (including phenoxy) is 1. The predicted molar refractivity (Wildman–Crippen MR) is 182 cm³/mol. The molecule has 0 aromatic carbocycles. The van der Waals surface area contributed by atoms with Crippen LogP contribution in [-0.4, -0.2) is 85.4 Å². The van der Waals surface area contributed by atoms with Crippen LogP contribution in [0.4, 0.5) is 17.5 Å². The molecule has 0 radical (unpaired) electrons. The Kier molecular flexibility index (Phi) is 11.5. The highest BCUT2D eigenvalue weighted by molar-refractivity contribution is 5.50. The van der Waals surface area contributed by atoms with Gasteiger partial charge >= 0.3 is 0 Å². The summed E-state index contributed by atoms with van der Waals surface area (Å²) < 4.78 is 5.48. The van der Waals surface area contributed by atoms with E-state index in [9.17, 15) is 0 Å². The van der Waals surface area contributed by atoms with E-state index in [1.54, 1.807) is 0 Å². The molecule has 8 heteroatoms. The molecule has 3 aromatic rings. The van der Waals surface area contributed by atoms with E-state index in [1.165, 1.54) is 54.9 Å². The summed E-state index contributed by atoms with van der Waals surface area (Å²) >= 11 is 0. The molecule has 0 bridgehead atoms. The molecule has 1 unspecified atom stereocenters. The van der Waals surface area contributed by atoms with E-state index < -0.39 is 0 Å². The molecule has 6 rings (SSSR count). The maximum atomic E-state index is 5.48. The number of aromatic nitrogens is 3. The van der Waals surface area contributed by atoms with Crippen molar-refractivity contribution in [1.82, 2.24) is 19.9 Å². The molecule has 6 heterocycles. The van der Waals surface area contributed by atoms with Gasteiger partial charge in [0.15, 0.2) is 0 Å². The molecular formula is C36H53N7O. The average molecular weight is 600 g/mol. The number of anilines is 3. The highest BCUT2D eigenvalue weighted by Gasteiger charge is 2.25. The molecule has 0 amide bonds. The standard InChI is InChI=1S/C23H33N5O.C13H20N2/c1-18(2)21-5-4-7-25-23(21)28-11-9-26(10-12-28)19(3)20-6-8-24-22(17-20)27-13-15-29-16-14-27;1-11(2)12-7-6-8-14-13(12)15-9-4-3-5-10-15/h4-8,17-19H,9-16H2,1-3H3;6-8,11H,3-5,9-10H2,1-2H3.